The van der Waals surface area contributed by atoms with E-state index in [0.717, 1.165) is 38.3 Å². The van der Waals surface area contributed by atoms with Crippen LogP contribution >= 0.6 is 0 Å². The molecule has 18 heavy (non-hydrogen) atoms. The van der Waals surface area contributed by atoms with Crippen molar-refractivity contribution in [2.24, 2.45) is 0 Å². The van der Waals surface area contributed by atoms with E-state index in [1.54, 1.807) is 0 Å². The molecule has 0 aliphatic heterocycles. The third-order valence-electron chi connectivity index (χ3n) is 3.62. The summed E-state index contributed by atoms with van der Waals surface area (Å²) in [5.41, 5.74) is 0.315. The molecule has 2 rings (SSSR count). The smallest absolute Gasteiger partial charge is 0.194 e. The summed E-state index contributed by atoms with van der Waals surface area (Å²) in [6.45, 7) is 3.03. The van der Waals surface area contributed by atoms with Gasteiger partial charge in [-0.3, -0.25) is 0 Å². The highest BCUT2D eigenvalue weighted by Gasteiger charge is 2.28. The topological polar surface area (TPSA) is 12.0 Å². The molecule has 1 aliphatic rings. The molecule has 2 unspecified atom stereocenters. The lowest BCUT2D eigenvalue weighted by molar-refractivity contribution is 0.433. The van der Waals surface area contributed by atoms with E-state index in [2.05, 4.69) is 12.2 Å². The van der Waals surface area contributed by atoms with E-state index in [1.807, 2.05) is 0 Å². The Labute approximate surface area is 105 Å². The maximum atomic E-state index is 13.7. The fourth-order valence-electron chi connectivity index (χ4n) is 2.65. The van der Waals surface area contributed by atoms with Gasteiger partial charge in [0.1, 0.15) is 0 Å². The fourth-order valence-corrected chi connectivity index (χ4v) is 2.65. The van der Waals surface area contributed by atoms with Crippen molar-refractivity contribution in [3.8, 4) is 0 Å². The number of halogens is 3. The molecule has 0 spiro atoms. The molecule has 1 saturated carbocycles. The summed E-state index contributed by atoms with van der Waals surface area (Å²) < 4.78 is 39.7. The minimum atomic E-state index is -1.35. The fraction of sp³-hybridized carbons (Fsp3) is 0.571. The summed E-state index contributed by atoms with van der Waals surface area (Å²) in [5, 5.41) is 3.39. The Kier molecular flexibility index (Phi) is 4.27. The zero-order valence-corrected chi connectivity index (χ0v) is 10.5. The van der Waals surface area contributed by atoms with Crippen molar-refractivity contribution in [2.45, 2.75) is 44.6 Å². The summed E-state index contributed by atoms with van der Waals surface area (Å²) in [5.74, 6) is -3.49. The maximum absolute atomic E-state index is 13.7. The number of hydrogen-bond acceptors (Lipinski definition) is 1. The Hall–Kier alpha value is -1.03. The van der Waals surface area contributed by atoms with Crippen molar-refractivity contribution >= 4 is 0 Å². The zero-order chi connectivity index (χ0) is 13.1. The third-order valence-corrected chi connectivity index (χ3v) is 3.62. The van der Waals surface area contributed by atoms with Crippen LogP contribution in [0.3, 0.4) is 0 Å². The van der Waals surface area contributed by atoms with Gasteiger partial charge in [0.05, 0.1) is 0 Å². The van der Waals surface area contributed by atoms with E-state index in [4.69, 9.17) is 0 Å². The molecular formula is C14H18F3N. The lowest BCUT2D eigenvalue weighted by Crippen LogP contribution is -2.26. The van der Waals surface area contributed by atoms with Gasteiger partial charge < -0.3 is 5.32 Å². The lowest BCUT2D eigenvalue weighted by Gasteiger charge is -2.14. The first-order chi connectivity index (χ1) is 8.63. The Morgan fingerprint density at radius 3 is 2.67 bits per heavy atom. The highest BCUT2D eigenvalue weighted by atomic mass is 19.2. The SMILES string of the molecule is CCCNC1CCC(c2ccc(F)c(F)c2F)C1. The van der Waals surface area contributed by atoms with Gasteiger partial charge in [0.15, 0.2) is 17.5 Å². The van der Waals surface area contributed by atoms with Gasteiger partial charge in [0, 0.05) is 6.04 Å². The van der Waals surface area contributed by atoms with Crippen molar-refractivity contribution in [1.82, 2.24) is 5.32 Å². The van der Waals surface area contributed by atoms with Gasteiger partial charge in [-0.15, -0.1) is 0 Å². The van der Waals surface area contributed by atoms with Crippen molar-refractivity contribution in [2.75, 3.05) is 6.54 Å². The van der Waals surface area contributed by atoms with Crippen LogP contribution in [-0.2, 0) is 0 Å². The molecule has 1 N–H and O–H groups in total. The molecule has 100 valence electrons. The van der Waals surface area contributed by atoms with Gasteiger partial charge in [-0.1, -0.05) is 13.0 Å². The number of benzene rings is 1. The minimum Gasteiger partial charge on any atom is -0.314 e. The molecule has 0 amide bonds. The first-order valence-electron chi connectivity index (χ1n) is 6.50. The normalized spacial score (nSPS) is 23.6. The molecule has 0 radical (unpaired) electrons. The Morgan fingerprint density at radius 1 is 1.17 bits per heavy atom. The van der Waals surface area contributed by atoms with Gasteiger partial charge in [0.25, 0.3) is 0 Å². The predicted molar refractivity (Wildman–Crippen MR) is 65.0 cm³/mol. The molecule has 1 aliphatic carbocycles. The van der Waals surface area contributed by atoms with Crippen molar-refractivity contribution < 1.29 is 13.2 Å². The summed E-state index contributed by atoms with van der Waals surface area (Å²) in [6, 6.07) is 2.75. The van der Waals surface area contributed by atoms with Crippen molar-refractivity contribution in [3.05, 3.63) is 35.1 Å². The first-order valence-corrected chi connectivity index (χ1v) is 6.50. The first kappa shape index (κ1) is 13.4. The third kappa shape index (κ3) is 2.69. The molecule has 0 heterocycles. The summed E-state index contributed by atoms with van der Waals surface area (Å²) in [6.07, 6.45) is 3.63. The molecule has 0 aromatic heterocycles. The molecule has 1 fully saturated rings. The van der Waals surface area contributed by atoms with E-state index in [1.165, 1.54) is 6.07 Å². The molecule has 0 bridgehead atoms. The van der Waals surface area contributed by atoms with Crippen LogP contribution in [0.4, 0.5) is 13.2 Å². The Balaban J connectivity index is 2.07. The van der Waals surface area contributed by atoms with Crippen molar-refractivity contribution in [1.29, 1.82) is 0 Å². The zero-order valence-electron chi connectivity index (χ0n) is 10.5. The largest absolute Gasteiger partial charge is 0.314 e. The van der Waals surface area contributed by atoms with Crippen LogP contribution in [0.25, 0.3) is 0 Å². The standard InChI is InChI=1S/C14H18F3N/c1-2-7-18-10-4-3-9(8-10)11-5-6-12(15)14(17)13(11)16/h5-6,9-10,18H,2-4,7-8H2,1H3. The van der Waals surface area contributed by atoms with Crippen LogP contribution in [0.5, 0.6) is 0 Å². The van der Waals surface area contributed by atoms with Gasteiger partial charge >= 0.3 is 0 Å². The lowest BCUT2D eigenvalue weighted by atomic mass is 9.96. The minimum absolute atomic E-state index is 0.00513. The van der Waals surface area contributed by atoms with Crippen LogP contribution in [0.1, 0.15) is 44.1 Å². The van der Waals surface area contributed by atoms with E-state index < -0.39 is 17.5 Å². The number of rotatable bonds is 4. The summed E-state index contributed by atoms with van der Waals surface area (Å²) in [4.78, 5) is 0. The maximum Gasteiger partial charge on any atom is 0.194 e. The summed E-state index contributed by atoms with van der Waals surface area (Å²) >= 11 is 0. The number of nitrogens with one attached hydrogen (secondary N) is 1. The highest BCUT2D eigenvalue weighted by Crippen LogP contribution is 2.36. The Bertz CT molecular complexity index is 420. The highest BCUT2D eigenvalue weighted by molar-refractivity contribution is 5.25. The van der Waals surface area contributed by atoms with Gasteiger partial charge in [-0.05, 0) is 49.8 Å². The van der Waals surface area contributed by atoms with Crippen LogP contribution in [0.15, 0.2) is 12.1 Å². The van der Waals surface area contributed by atoms with Crippen molar-refractivity contribution in [3.63, 3.8) is 0 Å². The molecule has 1 aromatic rings. The Morgan fingerprint density at radius 2 is 1.94 bits per heavy atom. The molecule has 4 heteroatoms. The quantitative estimate of drug-likeness (QED) is 0.810. The van der Waals surface area contributed by atoms with Crippen LogP contribution in [0, 0.1) is 17.5 Å². The number of hydrogen-bond donors (Lipinski definition) is 1. The summed E-state index contributed by atoms with van der Waals surface area (Å²) in [7, 11) is 0. The second-order valence-electron chi connectivity index (χ2n) is 4.93. The predicted octanol–water partition coefficient (Wildman–Crippen LogP) is 3.74. The molecule has 1 nitrogen and oxygen atoms in total. The average molecular weight is 257 g/mol. The molecule has 2 atom stereocenters. The van der Waals surface area contributed by atoms with Gasteiger partial charge in [-0.2, -0.15) is 0 Å². The van der Waals surface area contributed by atoms with E-state index >= 15 is 0 Å². The second kappa shape index (κ2) is 5.74. The van der Waals surface area contributed by atoms with Gasteiger partial charge in [-0.25, -0.2) is 13.2 Å². The molecule has 1 aromatic carbocycles. The van der Waals surface area contributed by atoms with E-state index in [-0.39, 0.29) is 5.92 Å². The van der Waals surface area contributed by atoms with E-state index in [0.29, 0.717) is 11.6 Å². The van der Waals surface area contributed by atoms with E-state index in [9.17, 15) is 13.2 Å². The monoisotopic (exact) mass is 257 g/mol. The molecule has 0 saturated heterocycles. The van der Waals surface area contributed by atoms with Crippen LogP contribution < -0.4 is 5.32 Å². The second-order valence-corrected chi connectivity index (χ2v) is 4.93. The molecular weight excluding hydrogens is 239 g/mol. The van der Waals surface area contributed by atoms with Crippen LogP contribution in [-0.4, -0.2) is 12.6 Å². The van der Waals surface area contributed by atoms with Crippen LogP contribution in [0.2, 0.25) is 0 Å². The van der Waals surface area contributed by atoms with Gasteiger partial charge in [0.2, 0.25) is 0 Å². The average Bonchev–Trinajstić information content (AvgIpc) is 2.82.